The SMILES string of the molecule is Cc1ccc(C(=O)N2CCC(F)(CN=[N+]=[N-])CC2)cc1C. The summed E-state index contributed by atoms with van der Waals surface area (Å²) in [7, 11) is 0. The van der Waals surface area contributed by atoms with Crippen LogP contribution in [0.1, 0.15) is 34.3 Å². The van der Waals surface area contributed by atoms with Gasteiger partial charge in [0.15, 0.2) is 0 Å². The first-order valence-electron chi connectivity index (χ1n) is 7.01. The van der Waals surface area contributed by atoms with E-state index >= 15 is 0 Å². The zero-order chi connectivity index (χ0) is 15.5. The molecule has 2 rings (SSSR count). The highest BCUT2D eigenvalue weighted by atomic mass is 19.1. The lowest BCUT2D eigenvalue weighted by Gasteiger charge is -2.35. The van der Waals surface area contributed by atoms with Crippen LogP contribution in [0.5, 0.6) is 0 Å². The number of hydrogen-bond acceptors (Lipinski definition) is 2. The molecule has 0 saturated carbocycles. The Morgan fingerprint density at radius 1 is 1.38 bits per heavy atom. The van der Waals surface area contributed by atoms with Gasteiger partial charge in [-0.05, 0) is 55.5 Å². The molecule has 0 unspecified atom stereocenters. The summed E-state index contributed by atoms with van der Waals surface area (Å²) < 4.78 is 14.3. The van der Waals surface area contributed by atoms with Crippen molar-refractivity contribution >= 4 is 5.91 Å². The molecule has 0 spiro atoms. The Kier molecular flexibility index (Phi) is 4.48. The molecule has 5 nitrogen and oxygen atoms in total. The Bertz CT molecular complexity index is 587. The second-order valence-corrected chi connectivity index (χ2v) is 5.63. The molecule has 0 radical (unpaired) electrons. The Balaban J connectivity index is 2.03. The van der Waals surface area contributed by atoms with E-state index in [-0.39, 0.29) is 25.3 Å². The van der Waals surface area contributed by atoms with Gasteiger partial charge < -0.3 is 4.90 Å². The molecule has 1 fully saturated rings. The van der Waals surface area contributed by atoms with Crippen molar-refractivity contribution in [1.82, 2.24) is 4.90 Å². The van der Waals surface area contributed by atoms with Crippen LogP contribution in [0.3, 0.4) is 0 Å². The summed E-state index contributed by atoms with van der Waals surface area (Å²) in [5.74, 6) is -0.0658. The number of azide groups is 1. The normalized spacial score (nSPS) is 17.2. The van der Waals surface area contributed by atoms with Crippen molar-refractivity contribution in [3.8, 4) is 0 Å². The number of amides is 1. The lowest BCUT2D eigenvalue weighted by atomic mass is 9.93. The molecule has 0 bridgehead atoms. The van der Waals surface area contributed by atoms with E-state index in [1.165, 1.54) is 0 Å². The highest BCUT2D eigenvalue weighted by Gasteiger charge is 2.35. The molecular formula is C15H19FN4O. The van der Waals surface area contributed by atoms with Gasteiger partial charge in [0.05, 0.1) is 6.54 Å². The highest BCUT2D eigenvalue weighted by Crippen LogP contribution is 2.28. The van der Waals surface area contributed by atoms with E-state index in [9.17, 15) is 9.18 Å². The number of carbonyl (C=O) groups excluding carboxylic acids is 1. The molecule has 0 atom stereocenters. The summed E-state index contributed by atoms with van der Waals surface area (Å²) >= 11 is 0. The second-order valence-electron chi connectivity index (χ2n) is 5.63. The Labute approximate surface area is 123 Å². The minimum Gasteiger partial charge on any atom is -0.338 e. The van der Waals surface area contributed by atoms with E-state index in [4.69, 9.17) is 5.53 Å². The third-order valence-corrected chi connectivity index (χ3v) is 4.12. The molecular weight excluding hydrogens is 271 g/mol. The van der Waals surface area contributed by atoms with Gasteiger partial charge in [-0.1, -0.05) is 11.2 Å². The van der Waals surface area contributed by atoms with E-state index in [0.29, 0.717) is 18.7 Å². The zero-order valence-corrected chi connectivity index (χ0v) is 12.3. The molecule has 1 aromatic rings. The van der Waals surface area contributed by atoms with Crippen LogP contribution < -0.4 is 0 Å². The van der Waals surface area contributed by atoms with Crippen LogP contribution in [-0.4, -0.2) is 36.1 Å². The van der Waals surface area contributed by atoms with Crippen molar-refractivity contribution in [2.24, 2.45) is 5.11 Å². The highest BCUT2D eigenvalue weighted by molar-refractivity contribution is 5.94. The first-order valence-corrected chi connectivity index (χ1v) is 7.01. The van der Waals surface area contributed by atoms with E-state index < -0.39 is 5.67 Å². The minimum atomic E-state index is -1.48. The van der Waals surface area contributed by atoms with Crippen molar-refractivity contribution in [3.05, 3.63) is 45.3 Å². The number of likely N-dealkylation sites (tertiary alicyclic amines) is 1. The van der Waals surface area contributed by atoms with E-state index in [2.05, 4.69) is 10.0 Å². The number of benzene rings is 1. The van der Waals surface area contributed by atoms with E-state index in [0.717, 1.165) is 11.1 Å². The predicted octanol–water partition coefficient (Wildman–Crippen LogP) is 3.56. The van der Waals surface area contributed by atoms with Gasteiger partial charge >= 0.3 is 0 Å². The fourth-order valence-corrected chi connectivity index (χ4v) is 2.48. The molecule has 1 amide bonds. The number of hydrogen-bond donors (Lipinski definition) is 0. The van der Waals surface area contributed by atoms with Gasteiger partial charge in [-0.3, -0.25) is 4.79 Å². The number of piperidine rings is 1. The Morgan fingerprint density at radius 3 is 2.62 bits per heavy atom. The lowest BCUT2D eigenvalue weighted by molar-refractivity contribution is 0.0469. The van der Waals surface area contributed by atoms with Crippen LogP contribution in [-0.2, 0) is 0 Å². The summed E-state index contributed by atoms with van der Waals surface area (Å²) in [5, 5.41) is 3.32. The maximum Gasteiger partial charge on any atom is 0.253 e. The number of halogens is 1. The van der Waals surface area contributed by atoms with Crippen molar-refractivity contribution in [2.75, 3.05) is 19.6 Å². The van der Waals surface area contributed by atoms with Gasteiger partial charge in [0.1, 0.15) is 5.67 Å². The summed E-state index contributed by atoms with van der Waals surface area (Å²) in [4.78, 5) is 16.7. The second kappa shape index (κ2) is 6.14. The molecule has 0 aromatic heterocycles. The fraction of sp³-hybridized carbons (Fsp3) is 0.533. The first kappa shape index (κ1) is 15.3. The van der Waals surface area contributed by atoms with Crippen molar-refractivity contribution in [3.63, 3.8) is 0 Å². The summed E-state index contributed by atoms with van der Waals surface area (Å²) in [6.07, 6.45) is 0.422. The number of rotatable bonds is 3. The summed E-state index contributed by atoms with van der Waals surface area (Å²) in [6.45, 7) is 4.51. The average Bonchev–Trinajstić information content (AvgIpc) is 2.48. The molecule has 1 aliphatic rings. The third kappa shape index (κ3) is 3.52. The lowest BCUT2D eigenvalue weighted by Crippen LogP contribution is -2.45. The summed E-state index contributed by atoms with van der Waals surface area (Å²) in [6, 6.07) is 5.60. The molecule has 1 aromatic carbocycles. The van der Waals surface area contributed by atoms with Gasteiger partial charge in [-0.2, -0.15) is 0 Å². The largest absolute Gasteiger partial charge is 0.338 e. The van der Waals surface area contributed by atoms with Gasteiger partial charge in [0, 0.05) is 23.6 Å². The topological polar surface area (TPSA) is 69.1 Å². The number of alkyl halides is 1. The molecule has 112 valence electrons. The fourth-order valence-electron chi connectivity index (χ4n) is 2.48. The maximum atomic E-state index is 14.3. The van der Waals surface area contributed by atoms with E-state index in [1.54, 1.807) is 4.90 Å². The predicted molar refractivity (Wildman–Crippen MR) is 78.9 cm³/mol. The van der Waals surface area contributed by atoms with E-state index in [1.807, 2.05) is 32.0 Å². The van der Waals surface area contributed by atoms with Gasteiger partial charge in [-0.25, -0.2) is 4.39 Å². The van der Waals surface area contributed by atoms with Crippen LogP contribution in [0.4, 0.5) is 4.39 Å². The van der Waals surface area contributed by atoms with Crippen LogP contribution in [0, 0.1) is 13.8 Å². The molecule has 21 heavy (non-hydrogen) atoms. The van der Waals surface area contributed by atoms with Crippen molar-refractivity contribution < 1.29 is 9.18 Å². The number of aryl methyl sites for hydroxylation is 2. The molecule has 6 heteroatoms. The zero-order valence-electron chi connectivity index (χ0n) is 12.3. The molecule has 1 heterocycles. The van der Waals surface area contributed by atoms with Crippen LogP contribution in [0.25, 0.3) is 10.4 Å². The Hall–Kier alpha value is -2.07. The number of nitrogens with zero attached hydrogens (tertiary/aromatic N) is 4. The monoisotopic (exact) mass is 290 g/mol. The third-order valence-electron chi connectivity index (χ3n) is 4.12. The molecule has 1 saturated heterocycles. The first-order chi connectivity index (χ1) is 9.95. The molecule has 0 N–H and O–H groups in total. The molecule has 0 aliphatic carbocycles. The Morgan fingerprint density at radius 2 is 2.05 bits per heavy atom. The molecule has 1 aliphatic heterocycles. The quantitative estimate of drug-likeness (QED) is 0.476. The minimum absolute atomic E-state index is 0.0658. The standard InChI is InChI=1S/C15H19FN4O/c1-11-3-4-13(9-12(11)2)14(21)20-7-5-15(16,6-8-20)10-18-19-17/h3-4,9H,5-8,10H2,1-2H3. The van der Waals surface area contributed by atoms with Gasteiger partial charge in [0.25, 0.3) is 5.91 Å². The van der Waals surface area contributed by atoms with Crippen LogP contribution in [0.2, 0.25) is 0 Å². The maximum absolute atomic E-state index is 14.3. The van der Waals surface area contributed by atoms with Gasteiger partial charge in [0.2, 0.25) is 0 Å². The van der Waals surface area contributed by atoms with Crippen LogP contribution in [0.15, 0.2) is 23.3 Å². The smallest absolute Gasteiger partial charge is 0.253 e. The van der Waals surface area contributed by atoms with Crippen LogP contribution >= 0.6 is 0 Å². The van der Waals surface area contributed by atoms with Crippen molar-refractivity contribution in [1.29, 1.82) is 0 Å². The van der Waals surface area contributed by atoms with Gasteiger partial charge in [-0.15, -0.1) is 0 Å². The van der Waals surface area contributed by atoms with Crippen molar-refractivity contribution in [2.45, 2.75) is 32.4 Å². The number of carbonyl (C=O) groups is 1. The average molecular weight is 290 g/mol. The summed E-state index contributed by atoms with van der Waals surface area (Å²) in [5.41, 5.74) is 9.65.